The van der Waals surface area contributed by atoms with Crippen LogP contribution in [0.3, 0.4) is 0 Å². The van der Waals surface area contributed by atoms with Crippen LogP contribution < -0.4 is 0 Å². The van der Waals surface area contributed by atoms with Gasteiger partial charge in [-0.05, 0) is 6.07 Å². The summed E-state index contributed by atoms with van der Waals surface area (Å²) in [6, 6.07) is 3.28. The molecule has 6 heteroatoms. The lowest BCUT2D eigenvalue weighted by Crippen LogP contribution is -2.07. The van der Waals surface area contributed by atoms with Crippen molar-refractivity contribution in [2.24, 2.45) is 0 Å². The van der Waals surface area contributed by atoms with E-state index in [4.69, 9.17) is 0 Å². The largest absolute Gasteiger partial charge is 0.466 e. The third kappa shape index (κ3) is 3.88. The van der Waals surface area contributed by atoms with Crippen molar-refractivity contribution in [1.82, 2.24) is 0 Å². The van der Waals surface area contributed by atoms with E-state index in [1.165, 1.54) is 19.3 Å². The number of hydrogen-bond donors (Lipinski definition) is 0. The van der Waals surface area contributed by atoms with Crippen LogP contribution in [0.5, 0.6) is 0 Å². The van der Waals surface area contributed by atoms with Crippen LogP contribution in [0.25, 0.3) is 0 Å². The summed E-state index contributed by atoms with van der Waals surface area (Å²) >= 11 is 6.38. The summed E-state index contributed by atoms with van der Waals surface area (Å²) in [7, 11) is 1.26. The normalized spacial score (nSPS) is 13.3. The van der Waals surface area contributed by atoms with Crippen LogP contribution in [-0.4, -0.2) is 18.4 Å². The lowest BCUT2D eigenvalue weighted by atomic mass is 10.1. The summed E-state index contributed by atoms with van der Waals surface area (Å²) in [5, 5.41) is 0.282. The van der Waals surface area contributed by atoms with Crippen molar-refractivity contribution in [2.45, 2.75) is 4.83 Å². The van der Waals surface area contributed by atoms with Gasteiger partial charge in [0.1, 0.15) is 11.6 Å². The molecule has 0 fully saturated rings. The van der Waals surface area contributed by atoms with Crippen molar-refractivity contribution in [1.29, 1.82) is 0 Å². The van der Waals surface area contributed by atoms with Gasteiger partial charge in [0, 0.05) is 22.5 Å². The van der Waals surface area contributed by atoms with E-state index in [1.54, 1.807) is 0 Å². The molecule has 1 atom stereocenters. The number of carbonyl (C=O) groups is 1. The quantitative estimate of drug-likeness (QED) is 0.448. The molecule has 0 heterocycles. The van der Waals surface area contributed by atoms with Gasteiger partial charge in [-0.15, -0.1) is 0 Å². The van der Waals surface area contributed by atoms with Gasteiger partial charge in [0.2, 0.25) is 0 Å². The Morgan fingerprint density at radius 2 is 2.17 bits per heavy atom. The first-order chi connectivity index (χ1) is 8.49. The Labute approximate surface area is 120 Å². The Hall–Kier alpha value is -0.750. The van der Waals surface area contributed by atoms with E-state index in [9.17, 15) is 13.6 Å². The predicted octanol–water partition coefficient (Wildman–Crippen LogP) is 3.90. The standard InChI is InChI=1S/C12H10Br2F2O2/c1-18-12(17)7(6-13)4-10(14)9-3-2-8(15)5-11(9)16/h2-5,10H,6H2,1H3. The van der Waals surface area contributed by atoms with Gasteiger partial charge in [-0.3, -0.25) is 0 Å². The summed E-state index contributed by atoms with van der Waals surface area (Å²) in [4.78, 5) is 10.8. The molecule has 0 spiro atoms. The molecule has 0 aliphatic rings. The number of alkyl halides is 2. The Bertz CT molecular complexity index is 475. The summed E-state index contributed by atoms with van der Waals surface area (Å²) in [5.41, 5.74) is 0.599. The number of benzene rings is 1. The van der Waals surface area contributed by atoms with Gasteiger partial charge in [0.05, 0.1) is 11.9 Å². The predicted molar refractivity (Wildman–Crippen MR) is 71.9 cm³/mol. The lowest BCUT2D eigenvalue weighted by Gasteiger charge is -2.09. The number of allylic oxidation sites excluding steroid dienone is 1. The topological polar surface area (TPSA) is 26.3 Å². The van der Waals surface area contributed by atoms with Gasteiger partial charge < -0.3 is 4.74 Å². The highest BCUT2D eigenvalue weighted by Crippen LogP contribution is 2.28. The van der Waals surface area contributed by atoms with Crippen LogP contribution in [0.4, 0.5) is 8.78 Å². The fourth-order valence-corrected chi connectivity index (χ4v) is 2.40. The number of ether oxygens (including phenoxy) is 1. The number of methoxy groups -OCH3 is 1. The van der Waals surface area contributed by atoms with Crippen molar-refractivity contribution in [2.75, 3.05) is 12.4 Å². The van der Waals surface area contributed by atoms with Crippen molar-refractivity contribution >= 4 is 37.8 Å². The molecule has 1 rings (SSSR count). The van der Waals surface area contributed by atoms with Gasteiger partial charge in [-0.1, -0.05) is 44.0 Å². The molecule has 1 aromatic carbocycles. The zero-order valence-corrected chi connectivity index (χ0v) is 12.6. The van der Waals surface area contributed by atoms with Gasteiger partial charge in [-0.2, -0.15) is 0 Å². The number of halogens is 4. The van der Waals surface area contributed by atoms with Crippen molar-refractivity contribution in [3.63, 3.8) is 0 Å². The van der Waals surface area contributed by atoms with Crippen LogP contribution in [-0.2, 0) is 9.53 Å². The summed E-state index contributed by atoms with van der Waals surface area (Å²) in [5.74, 6) is -1.82. The van der Waals surface area contributed by atoms with E-state index >= 15 is 0 Å². The zero-order chi connectivity index (χ0) is 13.7. The molecule has 0 amide bonds. The molecule has 0 saturated carbocycles. The molecule has 98 valence electrons. The van der Waals surface area contributed by atoms with Crippen LogP contribution in [0.2, 0.25) is 0 Å². The summed E-state index contributed by atoms with van der Waals surface area (Å²) in [6.45, 7) is 0. The number of hydrogen-bond acceptors (Lipinski definition) is 2. The number of carbonyl (C=O) groups excluding carboxylic acids is 1. The molecule has 0 aromatic heterocycles. The fourth-order valence-electron chi connectivity index (χ4n) is 1.29. The maximum atomic E-state index is 13.5. The third-order valence-corrected chi connectivity index (χ3v) is 3.56. The molecule has 18 heavy (non-hydrogen) atoms. The Morgan fingerprint density at radius 3 is 2.67 bits per heavy atom. The Morgan fingerprint density at radius 1 is 1.50 bits per heavy atom. The molecule has 0 saturated heterocycles. The van der Waals surface area contributed by atoms with E-state index in [-0.39, 0.29) is 10.9 Å². The second-order valence-electron chi connectivity index (χ2n) is 3.38. The average molecular weight is 384 g/mol. The smallest absolute Gasteiger partial charge is 0.334 e. The molecule has 0 bridgehead atoms. The first-order valence-corrected chi connectivity index (χ1v) is 6.97. The van der Waals surface area contributed by atoms with Crippen LogP contribution in [0.1, 0.15) is 10.4 Å². The van der Waals surface area contributed by atoms with Crippen LogP contribution >= 0.6 is 31.9 Å². The molecular weight excluding hydrogens is 374 g/mol. The molecule has 0 aliphatic carbocycles. The maximum absolute atomic E-state index is 13.5. The summed E-state index contributed by atoms with van der Waals surface area (Å²) < 4.78 is 30.9. The van der Waals surface area contributed by atoms with Gasteiger partial charge in [0.25, 0.3) is 0 Å². The van der Waals surface area contributed by atoms with Crippen molar-refractivity contribution in [3.8, 4) is 0 Å². The number of esters is 1. The Kier molecular flexibility index (Phi) is 5.95. The minimum atomic E-state index is -0.674. The second-order valence-corrected chi connectivity index (χ2v) is 4.93. The lowest BCUT2D eigenvalue weighted by molar-refractivity contribution is -0.135. The molecule has 0 radical (unpaired) electrons. The molecule has 0 N–H and O–H groups in total. The first-order valence-electron chi connectivity index (χ1n) is 4.93. The molecule has 2 nitrogen and oxygen atoms in total. The zero-order valence-electron chi connectivity index (χ0n) is 9.42. The third-order valence-electron chi connectivity index (χ3n) is 2.20. The molecule has 0 aliphatic heterocycles. The average Bonchev–Trinajstić information content (AvgIpc) is 2.34. The van der Waals surface area contributed by atoms with Crippen molar-refractivity contribution in [3.05, 3.63) is 47.0 Å². The molecule has 1 unspecified atom stereocenters. The highest BCUT2D eigenvalue weighted by Gasteiger charge is 2.15. The number of rotatable bonds is 4. The monoisotopic (exact) mass is 382 g/mol. The van der Waals surface area contributed by atoms with E-state index in [0.29, 0.717) is 5.57 Å². The molecular formula is C12H10Br2F2O2. The van der Waals surface area contributed by atoms with Gasteiger partial charge in [-0.25, -0.2) is 13.6 Å². The minimum Gasteiger partial charge on any atom is -0.466 e. The maximum Gasteiger partial charge on any atom is 0.334 e. The van der Waals surface area contributed by atoms with Crippen molar-refractivity contribution < 1.29 is 18.3 Å². The SMILES string of the molecule is COC(=O)C(=CC(Br)c1ccc(F)cc1F)CBr. The van der Waals surface area contributed by atoms with Crippen LogP contribution in [0, 0.1) is 11.6 Å². The summed E-state index contributed by atoms with van der Waals surface area (Å²) in [6.07, 6.45) is 1.51. The van der Waals surface area contributed by atoms with Gasteiger partial charge in [0.15, 0.2) is 0 Å². The van der Waals surface area contributed by atoms with E-state index in [1.807, 2.05) is 0 Å². The first kappa shape index (κ1) is 15.3. The minimum absolute atomic E-state index is 0.249. The van der Waals surface area contributed by atoms with Crippen LogP contribution in [0.15, 0.2) is 29.8 Å². The highest BCUT2D eigenvalue weighted by molar-refractivity contribution is 9.09. The fraction of sp³-hybridized carbons (Fsp3) is 0.250. The second kappa shape index (κ2) is 6.99. The van der Waals surface area contributed by atoms with E-state index in [2.05, 4.69) is 36.6 Å². The van der Waals surface area contributed by atoms with Gasteiger partial charge >= 0.3 is 5.97 Å². The van der Waals surface area contributed by atoms with E-state index in [0.717, 1.165) is 12.1 Å². The Balaban J connectivity index is 3.02. The van der Waals surface area contributed by atoms with E-state index < -0.39 is 22.4 Å². The molecule has 1 aromatic rings. The highest BCUT2D eigenvalue weighted by atomic mass is 79.9.